The minimum Gasteiger partial charge on any atom is -0.505 e. The second kappa shape index (κ2) is 4.68. The summed E-state index contributed by atoms with van der Waals surface area (Å²) >= 11 is 0. The van der Waals surface area contributed by atoms with Crippen molar-refractivity contribution >= 4 is 11.5 Å². The molecule has 0 bridgehead atoms. The number of para-hydroxylation sites is 1. The third-order valence-corrected chi connectivity index (χ3v) is 2.18. The van der Waals surface area contributed by atoms with Gasteiger partial charge in [-0.15, -0.1) is 0 Å². The summed E-state index contributed by atoms with van der Waals surface area (Å²) in [6.07, 6.45) is 0. The van der Waals surface area contributed by atoms with Gasteiger partial charge in [0.25, 0.3) is 0 Å². The maximum Gasteiger partial charge on any atom is 0.149 e. The fraction of sp³-hybridized carbons (Fsp3) is 0.364. The van der Waals surface area contributed by atoms with E-state index in [0.29, 0.717) is 5.69 Å². The van der Waals surface area contributed by atoms with E-state index in [1.807, 2.05) is 37.2 Å². The van der Waals surface area contributed by atoms with Crippen molar-refractivity contribution in [2.75, 3.05) is 33.5 Å². The highest BCUT2D eigenvalue weighted by atomic mass is 16.3. The molecule has 0 aromatic heterocycles. The second-order valence-corrected chi connectivity index (χ2v) is 3.39. The lowest BCUT2D eigenvalue weighted by atomic mass is 10.1. The molecule has 0 saturated heterocycles. The Hall–Kier alpha value is -1.71. The first-order chi connectivity index (χ1) is 7.11. The third kappa shape index (κ3) is 2.21. The molecular weight excluding hydrogens is 190 g/mol. The van der Waals surface area contributed by atoms with Crippen LogP contribution in [0.15, 0.2) is 23.2 Å². The van der Waals surface area contributed by atoms with Crippen molar-refractivity contribution in [1.82, 2.24) is 4.90 Å². The number of phenolic OH excluding ortho intramolecular Hbond substituents is 1. The number of phenols is 1. The molecule has 0 saturated carbocycles. The summed E-state index contributed by atoms with van der Waals surface area (Å²) in [5, 5.41) is 12.9. The lowest BCUT2D eigenvalue weighted by molar-refractivity contribution is 0.474. The zero-order valence-electron chi connectivity index (χ0n) is 9.57. The number of anilines is 1. The van der Waals surface area contributed by atoms with Gasteiger partial charge in [0.15, 0.2) is 0 Å². The van der Waals surface area contributed by atoms with Crippen LogP contribution >= 0.6 is 0 Å². The number of aromatic hydroxyl groups is 1. The smallest absolute Gasteiger partial charge is 0.149 e. The minimum atomic E-state index is 0.231. The molecule has 4 nitrogen and oxygen atoms in total. The molecule has 0 amide bonds. The topological polar surface area (TPSA) is 47.9 Å². The van der Waals surface area contributed by atoms with Gasteiger partial charge in [-0.25, -0.2) is 0 Å². The SMILES string of the molecule is CN=C(c1cccc(NC)c1O)N(C)C. The molecule has 82 valence electrons. The molecule has 0 atom stereocenters. The van der Waals surface area contributed by atoms with Crippen molar-refractivity contribution in [3.63, 3.8) is 0 Å². The molecule has 1 aromatic rings. The zero-order valence-corrected chi connectivity index (χ0v) is 9.57. The van der Waals surface area contributed by atoms with E-state index < -0.39 is 0 Å². The maximum atomic E-state index is 9.97. The lowest BCUT2D eigenvalue weighted by Crippen LogP contribution is -2.23. The monoisotopic (exact) mass is 207 g/mol. The highest BCUT2D eigenvalue weighted by molar-refractivity contribution is 6.02. The van der Waals surface area contributed by atoms with E-state index in [4.69, 9.17) is 0 Å². The van der Waals surface area contributed by atoms with E-state index in [2.05, 4.69) is 10.3 Å². The molecule has 1 aromatic carbocycles. The number of hydrogen-bond donors (Lipinski definition) is 2. The fourth-order valence-corrected chi connectivity index (χ4v) is 1.49. The predicted octanol–water partition coefficient (Wildman–Crippen LogP) is 1.37. The average Bonchev–Trinajstić information content (AvgIpc) is 2.21. The second-order valence-electron chi connectivity index (χ2n) is 3.39. The van der Waals surface area contributed by atoms with Crippen LogP contribution < -0.4 is 5.32 Å². The molecule has 0 spiro atoms. The van der Waals surface area contributed by atoms with Crippen molar-refractivity contribution < 1.29 is 5.11 Å². The van der Waals surface area contributed by atoms with Crippen LogP contribution in [0.25, 0.3) is 0 Å². The van der Waals surface area contributed by atoms with Gasteiger partial charge in [0.05, 0.1) is 11.3 Å². The van der Waals surface area contributed by atoms with E-state index in [-0.39, 0.29) is 5.75 Å². The molecule has 15 heavy (non-hydrogen) atoms. The third-order valence-electron chi connectivity index (χ3n) is 2.18. The van der Waals surface area contributed by atoms with Gasteiger partial charge in [-0.05, 0) is 12.1 Å². The Morgan fingerprint density at radius 3 is 2.53 bits per heavy atom. The largest absolute Gasteiger partial charge is 0.505 e. The van der Waals surface area contributed by atoms with Crippen LogP contribution in [0.5, 0.6) is 5.75 Å². The van der Waals surface area contributed by atoms with Crippen LogP contribution in [0.1, 0.15) is 5.56 Å². The van der Waals surface area contributed by atoms with Crippen molar-refractivity contribution in [1.29, 1.82) is 0 Å². The summed E-state index contributed by atoms with van der Waals surface area (Å²) in [5.41, 5.74) is 1.44. The molecule has 0 aliphatic rings. The number of nitrogens with zero attached hydrogens (tertiary/aromatic N) is 2. The summed E-state index contributed by atoms with van der Waals surface area (Å²) in [4.78, 5) is 6.02. The number of nitrogens with one attached hydrogen (secondary N) is 1. The van der Waals surface area contributed by atoms with Crippen LogP contribution in [0, 0.1) is 0 Å². The average molecular weight is 207 g/mol. The number of benzene rings is 1. The van der Waals surface area contributed by atoms with E-state index in [1.165, 1.54) is 0 Å². The van der Waals surface area contributed by atoms with Gasteiger partial charge in [-0.1, -0.05) is 6.07 Å². The molecular formula is C11H17N3O. The Bertz CT molecular complexity index is 372. The van der Waals surface area contributed by atoms with E-state index in [1.54, 1.807) is 14.1 Å². The molecule has 0 unspecified atom stereocenters. The van der Waals surface area contributed by atoms with Gasteiger partial charge >= 0.3 is 0 Å². The van der Waals surface area contributed by atoms with Crippen molar-refractivity contribution in [2.24, 2.45) is 4.99 Å². The van der Waals surface area contributed by atoms with Crippen molar-refractivity contribution in [2.45, 2.75) is 0 Å². The van der Waals surface area contributed by atoms with Crippen LogP contribution in [0.4, 0.5) is 5.69 Å². The van der Waals surface area contributed by atoms with Crippen LogP contribution in [0.2, 0.25) is 0 Å². The molecule has 0 heterocycles. The Balaban J connectivity index is 3.25. The first kappa shape index (κ1) is 11.4. The van der Waals surface area contributed by atoms with Crippen LogP contribution in [0.3, 0.4) is 0 Å². The number of amidine groups is 1. The van der Waals surface area contributed by atoms with Crippen LogP contribution in [-0.2, 0) is 0 Å². The van der Waals surface area contributed by atoms with Gasteiger partial charge in [0, 0.05) is 28.2 Å². The molecule has 0 fully saturated rings. The molecule has 0 aliphatic carbocycles. The van der Waals surface area contributed by atoms with Gasteiger partial charge in [-0.2, -0.15) is 0 Å². The Morgan fingerprint density at radius 1 is 1.40 bits per heavy atom. The fourth-order valence-electron chi connectivity index (χ4n) is 1.49. The molecule has 0 aliphatic heterocycles. The summed E-state index contributed by atoms with van der Waals surface area (Å²) in [6.45, 7) is 0. The van der Waals surface area contributed by atoms with Gasteiger partial charge < -0.3 is 15.3 Å². The number of rotatable bonds is 2. The van der Waals surface area contributed by atoms with Crippen molar-refractivity contribution in [3.8, 4) is 5.75 Å². The predicted molar refractivity (Wildman–Crippen MR) is 63.8 cm³/mol. The minimum absolute atomic E-state index is 0.231. The normalized spacial score (nSPS) is 11.3. The highest BCUT2D eigenvalue weighted by Gasteiger charge is 2.12. The summed E-state index contributed by atoms with van der Waals surface area (Å²) in [5.74, 6) is 0.985. The number of hydrogen-bond acceptors (Lipinski definition) is 3. The molecule has 1 rings (SSSR count). The number of aliphatic imine (C=N–C) groups is 1. The Kier molecular flexibility index (Phi) is 3.55. The van der Waals surface area contributed by atoms with E-state index in [9.17, 15) is 5.11 Å². The van der Waals surface area contributed by atoms with E-state index >= 15 is 0 Å². The maximum absolute atomic E-state index is 9.97. The van der Waals surface area contributed by atoms with Gasteiger partial charge in [-0.3, -0.25) is 4.99 Å². The highest BCUT2D eigenvalue weighted by Crippen LogP contribution is 2.27. The lowest BCUT2D eigenvalue weighted by Gasteiger charge is -2.17. The Labute approximate surface area is 90.3 Å². The summed E-state index contributed by atoms with van der Waals surface area (Å²) in [6, 6.07) is 5.55. The molecule has 2 N–H and O–H groups in total. The first-order valence-corrected chi connectivity index (χ1v) is 4.76. The summed E-state index contributed by atoms with van der Waals surface area (Å²) < 4.78 is 0. The van der Waals surface area contributed by atoms with Gasteiger partial charge in [0.1, 0.15) is 11.6 Å². The first-order valence-electron chi connectivity index (χ1n) is 4.76. The van der Waals surface area contributed by atoms with Crippen LogP contribution in [-0.4, -0.2) is 44.0 Å². The quantitative estimate of drug-likeness (QED) is 0.437. The standard InChI is InChI=1S/C11H17N3O/c1-12-9-7-5-6-8(10(9)15)11(13-2)14(3)4/h5-7,12,15H,1-4H3. The van der Waals surface area contributed by atoms with E-state index in [0.717, 1.165) is 11.4 Å². The summed E-state index contributed by atoms with van der Waals surface area (Å²) in [7, 11) is 7.28. The molecule has 4 heteroatoms. The molecule has 0 radical (unpaired) electrons. The van der Waals surface area contributed by atoms with Gasteiger partial charge in [0.2, 0.25) is 0 Å². The van der Waals surface area contributed by atoms with Crippen molar-refractivity contribution in [3.05, 3.63) is 23.8 Å². The zero-order chi connectivity index (χ0) is 11.4. The Morgan fingerprint density at radius 2 is 2.07 bits per heavy atom.